The molecule has 6 aromatic rings. The van der Waals surface area contributed by atoms with Crippen LogP contribution in [0.15, 0.2) is 56.6 Å². The summed E-state index contributed by atoms with van der Waals surface area (Å²) in [6, 6.07) is 10.7. The van der Waals surface area contributed by atoms with Gasteiger partial charge in [-0.2, -0.15) is 9.55 Å². The number of nitrogens with zero attached hydrogens (tertiary/aromatic N) is 9. The molecule has 2 aliphatic heterocycles. The van der Waals surface area contributed by atoms with Crippen LogP contribution >= 0.6 is 23.2 Å². The number of hydrogen-bond acceptors (Lipinski definition) is 15. The first-order valence-corrected chi connectivity index (χ1v) is 22.1. The Kier molecular flexibility index (Phi) is 13.2. The SMILES string of the molecule is CCC[C@@H](O)COc1ccc(Cl)c(-c2nc(N3CC4=C(CN(c5nc(-c6cc(OC[C@H](O)CNC)ccc6Cl)nc(-c6c(C)noc6C)c5C)C4)C3)c(C)c(-[n+]3c(C)noc3C)n2)c1. The number of rotatable bonds is 16. The molecule has 0 radical (unpaired) electrons. The van der Waals surface area contributed by atoms with E-state index >= 15 is 0 Å². The molecule has 64 heavy (non-hydrogen) atoms. The van der Waals surface area contributed by atoms with Crippen molar-refractivity contribution in [3.8, 4) is 51.3 Å². The highest BCUT2D eigenvalue weighted by molar-refractivity contribution is 6.33. The number of aliphatic hydroxyl groups excluding tert-OH is 2. The largest absolute Gasteiger partial charge is 0.491 e. The fourth-order valence-corrected chi connectivity index (χ4v) is 8.79. The molecule has 6 heterocycles. The van der Waals surface area contributed by atoms with Gasteiger partial charge in [-0.25, -0.2) is 9.97 Å². The summed E-state index contributed by atoms with van der Waals surface area (Å²) in [5.41, 5.74) is 7.68. The summed E-state index contributed by atoms with van der Waals surface area (Å²) in [6.45, 7) is 16.7. The second-order valence-electron chi connectivity index (χ2n) is 16.4. The van der Waals surface area contributed by atoms with E-state index in [-0.39, 0.29) is 13.2 Å². The number of hydrogen-bond donors (Lipinski definition) is 3. The summed E-state index contributed by atoms with van der Waals surface area (Å²) in [6.07, 6.45) is 0.225. The van der Waals surface area contributed by atoms with Crippen LogP contribution in [0.2, 0.25) is 10.0 Å². The molecule has 4 aromatic heterocycles. The second kappa shape index (κ2) is 18.8. The number of halogens is 2. The van der Waals surface area contributed by atoms with Crippen molar-refractivity contribution >= 4 is 34.8 Å². The molecular formula is C46H53Cl2N10O6+. The Morgan fingerprint density at radius 1 is 0.750 bits per heavy atom. The van der Waals surface area contributed by atoms with E-state index < -0.39 is 12.2 Å². The molecule has 0 saturated heterocycles. The average molecular weight is 913 g/mol. The summed E-state index contributed by atoms with van der Waals surface area (Å²) in [5, 5.41) is 33.0. The zero-order valence-corrected chi connectivity index (χ0v) is 38.8. The fraction of sp³-hybridized carbons (Fsp3) is 0.413. The van der Waals surface area contributed by atoms with Gasteiger partial charge in [-0.3, -0.25) is 4.52 Å². The molecule has 2 atom stereocenters. The number of aryl methyl sites for hydroxylation is 4. The topological polar surface area (TPSA) is 185 Å². The van der Waals surface area contributed by atoms with Crippen molar-refractivity contribution in [1.82, 2.24) is 35.6 Å². The van der Waals surface area contributed by atoms with Crippen LogP contribution in [0.25, 0.3) is 39.9 Å². The number of aromatic nitrogens is 7. The van der Waals surface area contributed by atoms with Crippen LogP contribution in [0.5, 0.6) is 11.5 Å². The van der Waals surface area contributed by atoms with Gasteiger partial charge < -0.3 is 39.3 Å². The van der Waals surface area contributed by atoms with E-state index in [4.69, 9.17) is 61.7 Å². The van der Waals surface area contributed by atoms with Gasteiger partial charge in [0.1, 0.15) is 48.2 Å². The average Bonchev–Trinajstić information content (AvgIpc) is 4.03. The Morgan fingerprint density at radius 3 is 1.83 bits per heavy atom. The van der Waals surface area contributed by atoms with Gasteiger partial charge in [-0.1, -0.05) is 46.7 Å². The fourth-order valence-electron chi connectivity index (χ4n) is 8.39. The molecule has 0 spiro atoms. The molecule has 0 unspecified atom stereocenters. The summed E-state index contributed by atoms with van der Waals surface area (Å²) in [4.78, 5) is 25.1. The molecule has 0 fully saturated rings. The summed E-state index contributed by atoms with van der Waals surface area (Å²) in [7, 11) is 1.78. The highest BCUT2D eigenvalue weighted by Crippen LogP contribution is 2.41. The van der Waals surface area contributed by atoms with E-state index in [9.17, 15) is 10.2 Å². The lowest BCUT2D eigenvalue weighted by atomic mass is 10.0. The molecular weight excluding hydrogens is 859 g/mol. The zero-order chi connectivity index (χ0) is 45.4. The van der Waals surface area contributed by atoms with Crippen LogP contribution in [0.3, 0.4) is 0 Å². The number of likely N-dealkylation sites (N-methyl/N-ethyl adjacent to an activating group) is 1. The third-order valence-corrected chi connectivity index (χ3v) is 12.2. The number of aliphatic hydroxyl groups is 2. The van der Waals surface area contributed by atoms with E-state index in [0.29, 0.717) is 112 Å². The molecule has 16 nitrogen and oxygen atoms in total. The van der Waals surface area contributed by atoms with Crippen molar-refractivity contribution in [3.05, 3.63) is 91.9 Å². The molecule has 0 aliphatic carbocycles. The van der Waals surface area contributed by atoms with Crippen molar-refractivity contribution in [2.75, 3.05) is 62.8 Å². The van der Waals surface area contributed by atoms with E-state index in [2.05, 4.69) is 25.4 Å². The Bertz CT molecular complexity index is 2500. The van der Waals surface area contributed by atoms with Crippen LogP contribution < -0.4 is 29.2 Å². The number of nitrogens with one attached hydrogen (secondary N) is 1. The molecule has 0 bridgehead atoms. The van der Waals surface area contributed by atoms with E-state index in [1.54, 1.807) is 31.3 Å². The monoisotopic (exact) mass is 911 g/mol. The maximum Gasteiger partial charge on any atom is 0.287 e. The maximum absolute atomic E-state index is 10.4. The summed E-state index contributed by atoms with van der Waals surface area (Å²) >= 11 is 13.7. The number of anilines is 2. The lowest BCUT2D eigenvalue weighted by Crippen LogP contribution is -2.38. The lowest BCUT2D eigenvalue weighted by molar-refractivity contribution is -0.618. The Labute approximate surface area is 381 Å². The molecule has 2 aromatic carbocycles. The molecule has 0 amide bonds. The quantitative estimate of drug-likeness (QED) is 0.0679. The van der Waals surface area contributed by atoms with Crippen LogP contribution in [0.4, 0.5) is 11.6 Å². The van der Waals surface area contributed by atoms with Gasteiger partial charge in [-0.15, -0.1) is 0 Å². The Balaban J connectivity index is 1.12. The predicted octanol–water partition coefficient (Wildman–Crippen LogP) is 6.81. The normalized spacial score (nSPS) is 14.8. The van der Waals surface area contributed by atoms with Gasteiger partial charge >= 0.3 is 0 Å². The van der Waals surface area contributed by atoms with Crippen LogP contribution in [0, 0.1) is 41.5 Å². The number of benzene rings is 2. The van der Waals surface area contributed by atoms with Crippen molar-refractivity contribution in [2.24, 2.45) is 0 Å². The highest BCUT2D eigenvalue weighted by atomic mass is 35.5. The first kappa shape index (κ1) is 44.9. The maximum atomic E-state index is 10.4. The van der Waals surface area contributed by atoms with E-state index in [0.717, 1.165) is 40.4 Å². The lowest BCUT2D eigenvalue weighted by Gasteiger charge is -2.27. The predicted molar refractivity (Wildman–Crippen MR) is 244 cm³/mol. The minimum Gasteiger partial charge on any atom is -0.491 e. The minimum absolute atomic E-state index is 0.102. The minimum atomic E-state index is -0.686. The standard InChI is InChI=1S/C46H53Cl2N10O6/c1-9-10-32(59)22-61-34-11-14-39(48)37(16-34)43-52-45(25(3)46(53-43)58-28(6)55-64-29(58)7)57-20-30-18-56(19-31(30)21-57)44-24(2)41(40-26(4)54-63-27(40)5)50-42(51-44)36-15-35(12-13-38(36)47)62-23-33(60)17-49-8/h11-16,32-33,49,59-60H,9-10,17-23H2,1-8H3/q+1/t32-,33-/m1/s1. The first-order valence-electron chi connectivity index (χ1n) is 21.4. The van der Waals surface area contributed by atoms with Crippen molar-refractivity contribution < 1.29 is 33.3 Å². The van der Waals surface area contributed by atoms with Crippen molar-refractivity contribution in [2.45, 2.75) is 73.5 Å². The highest BCUT2D eigenvalue weighted by Gasteiger charge is 2.36. The zero-order valence-electron chi connectivity index (χ0n) is 37.3. The van der Waals surface area contributed by atoms with Crippen LogP contribution in [-0.4, -0.2) is 106 Å². The molecule has 0 saturated carbocycles. The smallest absolute Gasteiger partial charge is 0.287 e. The van der Waals surface area contributed by atoms with Crippen molar-refractivity contribution in [3.63, 3.8) is 0 Å². The van der Waals surface area contributed by atoms with Crippen LogP contribution in [-0.2, 0) is 0 Å². The molecule has 18 heteroatoms. The summed E-state index contributed by atoms with van der Waals surface area (Å²) < 4.78 is 25.0. The Hall–Kier alpha value is -5.65. The van der Waals surface area contributed by atoms with Gasteiger partial charge in [0, 0.05) is 57.7 Å². The second-order valence-corrected chi connectivity index (χ2v) is 17.2. The molecule has 8 rings (SSSR count). The molecule has 2 aliphatic rings. The van der Waals surface area contributed by atoms with E-state index in [1.807, 2.05) is 65.2 Å². The molecule has 336 valence electrons. The summed E-state index contributed by atoms with van der Waals surface area (Å²) in [5.74, 6) is 5.94. The van der Waals surface area contributed by atoms with Gasteiger partial charge in [0.15, 0.2) is 5.82 Å². The first-order chi connectivity index (χ1) is 30.7. The Morgan fingerprint density at radius 2 is 1.31 bits per heavy atom. The third kappa shape index (κ3) is 9.02. The third-order valence-electron chi connectivity index (χ3n) is 11.6. The number of ether oxygens (including phenoxy) is 2. The van der Waals surface area contributed by atoms with Gasteiger partial charge in [0.2, 0.25) is 5.82 Å². The van der Waals surface area contributed by atoms with Crippen molar-refractivity contribution in [1.29, 1.82) is 0 Å². The van der Waals surface area contributed by atoms with Gasteiger partial charge in [0.05, 0.1) is 49.4 Å². The van der Waals surface area contributed by atoms with Gasteiger partial charge in [0.25, 0.3) is 17.5 Å². The molecule has 3 N–H and O–H groups in total. The van der Waals surface area contributed by atoms with Gasteiger partial charge in [-0.05, 0) is 88.7 Å². The van der Waals surface area contributed by atoms with E-state index in [1.165, 1.54) is 11.1 Å². The van der Waals surface area contributed by atoms with Crippen LogP contribution in [0.1, 0.15) is 54.1 Å².